The van der Waals surface area contributed by atoms with Crippen molar-refractivity contribution < 1.29 is 14.0 Å². The highest BCUT2D eigenvalue weighted by atomic mass is 19.1. The van der Waals surface area contributed by atoms with Crippen molar-refractivity contribution in [2.24, 2.45) is 5.92 Å². The molecule has 3 rings (SSSR count). The van der Waals surface area contributed by atoms with E-state index >= 15 is 0 Å². The number of hydrogen-bond donors (Lipinski definition) is 2. The van der Waals surface area contributed by atoms with E-state index in [0.717, 1.165) is 37.8 Å². The van der Waals surface area contributed by atoms with Crippen LogP contribution in [0.25, 0.3) is 0 Å². The van der Waals surface area contributed by atoms with Gasteiger partial charge in [0.25, 0.3) is 0 Å². The van der Waals surface area contributed by atoms with E-state index in [4.69, 9.17) is 0 Å². The monoisotopic (exact) mass is 418 g/mol. The summed E-state index contributed by atoms with van der Waals surface area (Å²) in [5.41, 5.74) is 1.64. The van der Waals surface area contributed by atoms with Crippen LogP contribution in [0, 0.1) is 18.7 Å². The quantitative estimate of drug-likeness (QED) is 0.770. The molecule has 2 heterocycles. The Morgan fingerprint density at radius 1 is 1.10 bits per heavy atom. The molecule has 3 amide bonds. The Morgan fingerprint density at radius 2 is 1.80 bits per heavy atom. The van der Waals surface area contributed by atoms with E-state index in [1.165, 1.54) is 6.07 Å². The summed E-state index contributed by atoms with van der Waals surface area (Å²) >= 11 is 0. The Hall–Kier alpha value is -2.31. The Morgan fingerprint density at radius 3 is 2.50 bits per heavy atom. The van der Waals surface area contributed by atoms with Gasteiger partial charge in [0.05, 0.1) is 5.69 Å². The van der Waals surface area contributed by atoms with Crippen LogP contribution < -0.4 is 15.5 Å². The normalized spacial score (nSPS) is 20.4. The SMILES string of the molecule is Cc1ccc(F)c(N2CCCC(NC(=O)NC3CCN(C(=O)CC(C)C)CC3)C2)c1. The highest BCUT2D eigenvalue weighted by molar-refractivity contribution is 5.77. The first-order valence-electron chi connectivity index (χ1n) is 11.2. The molecule has 30 heavy (non-hydrogen) atoms. The number of aryl methyl sites for hydroxylation is 1. The van der Waals surface area contributed by atoms with Crippen molar-refractivity contribution in [3.63, 3.8) is 0 Å². The van der Waals surface area contributed by atoms with Crippen molar-refractivity contribution in [2.75, 3.05) is 31.1 Å². The molecule has 0 radical (unpaired) electrons. The third-order valence-electron chi connectivity index (χ3n) is 5.96. The zero-order chi connectivity index (χ0) is 21.7. The molecule has 2 aliphatic heterocycles. The van der Waals surface area contributed by atoms with Crippen LogP contribution in [0.4, 0.5) is 14.9 Å². The predicted octanol–water partition coefficient (Wildman–Crippen LogP) is 3.44. The van der Waals surface area contributed by atoms with Crippen LogP contribution in [0.15, 0.2) is 18.2 Å². The summed E-state index contributed by atoms with van der Waals surface area (Å²) in [6, 6.07) is 5.05. The number of carbonyl (C=O) groups is 2. The molecule has 0 saturated carbocycles. The minimum atomic E-state index is -0.218. The lowest BCUT2D eigenvalue weighted by Gasteiger charge is -2.36. The molecule has 2 N–H and O–H groups in total. The van der Waals surface area contributed by atoms with Gasteiger partial charge in [-0.15, -0.1) is 0 Å². The average molecular weight is 419 g/mol. The van der Waals surface area contributed by atoms with Crippen molar-refractivity contribution >= 4 is 17.6 Å². The van der Waals surface area contributed by atoms with Crippen LogP contribution >= 0.6 is 0 Å². The number of likely N-dealkylation sites (tertiary alicyclic amines) is 1. The largest absolute Gasteiger partial charge is 0.367 e. The van der Waals surface area contributed by atoms with Gasteiger partial charge in [-0.3, -0.25) is 4.79 Å². The van der Waals surface area contributed by atoms with Gasteiger partial charge in [-0.1, -0.05) is 19.9 Å². The zero-order valence-corrected chi connectivity index (χ0v) is 18.4. The first-order valence-corrected chi connectivity index (χ1v) is 11.2. The van der Waals surface area contributed by atoms with Gasteiger partial charge >= 0.3 is 6.03 Å². The molecule has 0 aliphatic carbocycles. The fraction of sp³-hybridized carbons (Fsp3) is 0.652. The standard InChI is InChI=1S/C23H35FN4O2/c1-16(2)13-22(29)27-11-8-18(9-12-27)25-23(30)26-19-5-4-10-28(15-19)21-14-17(3)6-7-20(21)24/h6-7,14,16,18-19H,4-5,8-13,15H2,1-3H3,(H2,25,26,30). The summed E-state index contributed by atoms with van der Waals surface area (Å²) in [4.78, 5) is 28.6. The molecule has 0 bridgehead atoms. The first-order chi connectivity index (χ1) is 14.3. The van der Waals surface area contributed by atoms with E-state index in [1.807, 2.05) is 22.8 Å². The van der Waals surface area contributed by atoms with Crippen molar-refractivity contribution in [2.45, 2.75) is 65.0 Å². The number of nitrogens with one attached hydrogen (secondary N) is 2. The van der Waals surface area contributed by atoms with Gasteiger partial charge in [0.2, 0.25) is 5.91 Å². The van der Waals surface area contributed by atoms with Gasteiger partial charge in [-0.25, -0.2) is 9.18 Å². The smallest absolute Gasteiger partial charge is 0.315 e. The van der Waals surface area contributed by atoms with Crippen molar-refractivity contribution in [3.05, 3.63) is 29.6 Å². The number of benzene rings is 1. The highest BCUT2D eigenvalue weighted by Crippen LogP contribution is 2.24. The van der Waals surface area contributed by atoms with Gasteiger partial charge in [-0.2, -0.15) is 0 Å². The summed E-state index contributed by atoms with van der Waals surface area (Å²) in [5, 5.41) is 6.13. The van der Waals surface area contributed by atoms with Gasteiger partial charge in [0.1, 0.15) is 5.82 Å². The maximum atomic E-state index is 14.2. The van der Waals surface area contributed by atoms with E-state index in [9.17, 15) is 14.0 Å². The molecule has 166 valence electrons. The Labute approximate surface area is 179 Å². The number of rotatable bonds is 5. The fourth-order valence-corrected chi connectivity index (χ4v) is 4.34. The lowest BCUT2D eigenvalue weighted by molar-refractivity contribution is -0.133. The van der Waals surface area contributed by atoms with Gasteiger partial charge in [0.15, 0.2) is 0 Å². The van der Waals surface area contributed by atoms with Gasteiger partial charge in [0, 0.05) is 44.7 Å². The predicted molar refractivity (Wildman–Crippen MR) is 117 cm³/mol. The first kappa shape index (κ1) is 22.4. The van der Waals surface area contributed by atoms with Gasteiger partial charge < -0.3 is 20.4 Å². The molecule has 6 nitrogen and oxygen atoms in total. The minimum absolute atomic E-state index is 0.00799. The molecule has 0 spiro atoms. The average Bonchev–Trinajstić information content (AvgIpc) is 2.70. The Balaban J connectivity index is 1.45. The lowest BCUT2D eigenvalue weighted by atomic mass is 10.0. The molecule has 1 aromatic carbocycles. The second-order valence-electron chi connectivity index (χ2n) is 9.11. The maximum absolute atomic E-state index is 14.2. The Kier molecular flexibility index (Phi) is 7.56. The molecule has 2 aliphatic rings. The summed E-state index contributed by atoms with van der Waals surface area (Å²) in [5.74, 6) is 0.352. The zero-order valence-electron chi connectivity index (χ0n) is 18.4. The maximum Gasteiger partial charge on any atom is 0.315 e. The molecule has 0 aromatic heterocycles. The third-order valence-corrected chi connectivity index (χ3v) is 5.96. The minimum Gasteiger partial charge on any atom is -0.367 e. The molecule has 1 atom stereocenters. The second kappa shape index (κ2) is 10.1. The van der Waals surface area contributed by atoms with Crippen molar-refractivity contribution in [1.29, 1.82) is 0 Å². The van der Waals surface area contributed by atoms with Crippen LogP contribution in [0.2, 0.25) is 0 Å². The molecule has 1 unspecified atom stereocenters. The second-order valence-corrected chi connectivity index (χ2v) is 9.11. The lowest BCUT2D eigenvalue weighted by Crippen LogP contribution is -2.54. The number of urea groups is 1. The van der Waals surface area contributed by atoms with E-state index < -0.39 is 0 Å². The van der Waals surface area contributed by atoms with E-state index in [1.54, 1.807) is 6.07 Å². The molecule has 2 fully saturated rings. The van der Waals surface area contributed by atoms with Crippen LogP contribution in [0.5, 0.6) is 0 Å². The molecule has 7 heteroatoms. The van der Waals surface area contributed by atoms with Crippen LogP contribution in [0.3, 0.4) is 0 Å². The topological polar surface area (TPSA) is 64.7 Å². The van der Waals surface area contributed by atoms with Crippen molar-refractivity contribution in [1.82, 2.24) is 15.5 Å². The van der Waals surface area contributed by atoms with E-state index in [0.29, 0.717) is 37.7 Å². The fourth-order valence-electron chi connectivity index (χ4n) is 4.34. The summed E-state index contributed by atoms with van der Waals surface area (Å²) in [6.45, 7) is 8.85. The number of hydrogen-bond acceptors (Lipinski definition) is 3. The third kappa shape index (κ3) is 6.09. The highest BCUT2D eigenvalue weighted by Gasteiger charge is 2.26. The number of piperidine rings is 2. The molecule has 2 saturated heterocycles. The Bertz CT molecular complexity index is 747. The van der Waals surface area contributed by atoms with Crippen LogP contribution in [-0.2, 0) is 4.79 Å². The van der Waals surface area contributed by atoms with Crippen molar-refractivity contribution in [3.8, 4) is 0 Å². The number of nitrogens with zero attached hydrogens (tertiary/aromatic N) is 2. The number of amides is 3. The van der Waals surface area contributed by atoms with Gasteiger partial charge in [-0.05, 0) is 56.2 Å². The number of halogens is 1. The summed E-state index contributed by atoms with van der Waals surface area (Å²) in [7, 11) is 0. The molecular weight excluding hydrogens is 383 g/mol. The summed E-state index contributed by atoms with van der Waals surface area (Å²) < 4.78 is 14.2. The molecular formula is C23H35FN4O2. The van der Waals surface area contributed by atoms with Crippen LogP contribution in [-0.4, -0.2) is 55.1 Å². The number of carbonyl (C=O) groups excluding carboxylic acids is 2. The van der Waals surface area contributed by atoms with E-state index in [2.05, 4.69) is 24.5 Å². The van der Waals surface area contributed by atoms with Crippen LogP contribution in [0.1, 0.15) is 51.5 Å². The van der Waals surface area contributed by atoms with E-state index in [-0.39, 0.29) is 29.8 Å². The molecule has 1 aromatic rings. The number of anilines is 1. The summed E-state index contributed by atoms with van der Waals surface area (Å²) in [6.07, 6.45) is 3.94.